The summed E-state index contributed by atoms with van der Waals surface area (Å²) in [7, 11) is 0. The molecule has 156 valence electrons. The third-order valence-corrected chi connectivity index (χ3v) is 5.09. The Bertz CT molecular complexity index is 1200. The number of benzene rings is 2. The normalized spacial score (nSPS) is 13.2. The number of carbonyl (C=O) groups is 2. The fourth-order valence-corrected chi connectivity index (χ4v) is 3.64. The number of rotatable bonds is 5. The Morgan fingerprint density at radius 3 is 2.87 bits per heavy atom. The number of nitro benzene ring substituents is 1. The van der Waals surface area contributed by atoms with E-state index < -0.39 is 17.5 Å². The number of anilines is 1. The van der Waals surface area contributed by atoms with Gasteiger partial charge in [-0.25, -0.2) is 4.79 Å². The van der Waals surface area contributed by atoms with E-state index in [-0.39, 0.29) is 11.6 Å². The van der Waals surface area contributed by atoms with Crippen molar-refractivity contribution >= 4 is 40.2 Å². The number of esters is 1. The first-order valence-electron chi connectivity index (χ1n) is 9.79. The number of pyridine rings is 1. The summed E-state index contributed by atoms with van der Waals surface area (Å²) in [4.78, 5) is 41.1. The Balaban J connectivity index is 1.41. The van der Waals surface area contributed by atoms with Crippen molar-refractivity contribution in [1.29, 1.82) is 0 Å². The second kappa shape index (κ2) is 8.74. The maximum Gasteiger partial charge on any atom is 0.331 e. The van der Waals surface area contributed by atoms with Crippen LogP contribution in [0.15, 0.2) is 60.8 Å². The number of amides is 1. The van der Waals surface area contributed by atoms with Crippen LogP contribution in [0.2, 0.25) is 0 Å². The lowest BCUT2D eigenvalue weighted by molar-refractivity contribution is -0.384. The highest BCUT2D eigenvalue weighted by molar-refractivity contribution is 5.98. The van der Waals surface area contributed by atoms with Crippen LogP contribution in [0.1, 0.15) is 17.5 Å². The minimum absolute atomic E-state index is 0.00691. The van der Waals surface area contributed by atoms with Crippen LogP contribution in [0, 0.1) is 10.1 Å². The molecular weight excluding hydrogens is 398 g/mol. The first kappa shape index (κ1) is 20.2. The van der Waals surface area contributed by atoms with Gasteiger partial charge in [-0.3, -0.25) is 19.9 Å². The number of para-hydroxylation sites is 1. The number of nitrogens with zero attached hydrogens (tertiary/aromatic N) is 3. The summed E-state index contributed by atoms with van der Waals surface area (Å²) < 4.78 is 5.12. The molecule has 3 aromatic rings. The highest BCUT2D eigenvalue weighted by Gasteiger charge is 2.24. The van der Waals surface area contributed by atoms with Crippen LogP contribution in [-0.4, -0.2) is 34.9 Å². The van der Waals surface area contributed by atoms with Gasteiger partial charge in [0, 0.05) is 47.6 Å². The first-order chi connectivity index (χ1) is 15.0. The lowest BCUT2D eigenvalue weighted by Crippen LogP contribution is -2.38. The molecule has 0 atom stereocenters. The third kappa shape index (κ3) is 4.42. The summed E-state index contributed by atoms with van der Waals surface area (Å²) in [6.45, 7) is 0.0616. The number of carbonyl (C=O) groups excluding carboxylic acids is 2. The third-order valence-electron chi connectivity index (χ3n) is 5.09. The van der Waals surface area contributed by atoms with Crippen LogP contribution in [0.3, 0.4) is 0 Å². The summed E-state index contributed by atoms with van der Waals surface area (Å²) in [5, 5.41) is 11.9. The highest BCUT2D eigenvalue weighted by atomic mass is 16.6. The molecule has 0 fully saturated rings. The van der Waals surface area contributed by atoms with Gasteiger partial charge in [-0.05, 0) is 36.6 Å². The Morgan fingerprint density at radius 2 is 2.03 bits per heavy atom. The molecule has 0 N–H and O–H groups in total. The highest BCUT2D eigenvalue weighted by Crippen LogP contribution is 2.30. The molecule has 4 rings (SSSR count). The molecule has 2 aromatic carbocycles. The molecule has 0 saturated carbocycles. The van der Waals surface area contributed by atoms with Gasteiger partial charge in [0.05, 0.1) is 10.4 Å². The Morgan fingerprint density at radius 1 is 1.19 bits per heavy atom. The first-order valence-corrected chi connectivity index (χ1v) is 9.79. The van der Waals surface area contributed by atoms with Gasteiger partial charge < -0.3 is 9.64 Å². The lowest BCUT2D eigenvalue weighted by atomic mass is 10.0. The van der Waals surface area contributed by atoms with E-state index in [4.69, 9.17) is 4.74 Å². The molecular formula is C23H19N3O5. The van der Waals surface area contributed by atoms with Crippen molar-refractivity contribution in [3.63, 3.8) is 0 Å². The second-order valence-corrected chi connectivity index (χ2v) is 7.08. The van der Waals surface area contributed by atoms with E-state index in [1.54, 1.807) is 18.3 Å². The maximum absolute atomic E-state index is 12.6. The Labute approximate surface area is 177 Å². The summed E-state index contributed by atoms with van der Waals surface area (Å²) in [5.41, 5.74) is 2.89. The zero-order valence-electron chi connectivity index (χ0n) is 16.6. The molecule has 2 heterocycles. The van der Waals surface area contributed by atoms with Crippen molar-refractivity contribution in [1.82, 2.24) is 4.98 Å². The number of fused-ring (bicyclic) bond motifs is 2. The van der Waals surface area contributed by atoms with Gasteiger partial charge in [0.2, 0.25) is 0 Å². The minimum Gasteiger partial charge on any atom is -0.452 e. The largest absolute Gasteiger partial charge is 0.452 e. The predicted octanol–water partition coefficient (Wildman–Crippen LogP) is 3.68. The zero-order chi connectivity index (χ0) is 21.8. The summed E-state index contributed by atoms with van der Waals surface area (Å²) in [6.07, 6.45) is 5.90. The molecule has 1 aromatic heterocycles. The number of hydrogen-bond donors (Lipinski definition) is 0. The zero-order valence-corrected chi connectivity index (χ0v) is 16.6. The molecule has 0 radical (unpaired) electrons. The van der Waals surface area contributed by atoms with Gasteiger partial charge in [0.1, 0.15) is 0 Å². The summed E-state index contributed by atoms with van der Waals surface area (Å²) in [5.74, 6) is -1.01. The van der Waals surface area contributed by atoms with E-state index >= 15 is 0 Å². The molecule has 31 heavy (non-hydrogen) atoms. The van der Waals surface area contributed by atoms with E-state index in [2.05, 4.69) is 4.98 Å². The molecule has 0 saturated heterocycles. The van der Waals surface area contributed by atoms with Crippen LogP contribution in [0.5, 0.6) is 0 Å². The van der Waals surface area contributed by atoms with Gasteiger partial charge in [0.15, 0.2) is 6.61 Å². The van der Waals surface area contributed by atoms with Crippen molar-refractivity contribution in [3.8, 4) is 0 Å². The van der Waals surface area contributed by atoms with Gasteiger partial charge in [-0.2, -0.15) is 0 Å². The number of ether oxygens (including phenoxy) is 1. The average molecular weight is 417 g/mol. The van der Waals surface area contributed by atoms with E-state index in [1.807, 2.05) is 30.3 Å². The maximum atomic E-state index is 12.6. The Hall–Kier alpha value is -4.07. The van der Waals surface area contributed by atoms with Crippen molar-refractivity contribution in [2.45, 2.75) is 12.8 Å². The Kier molecular flexibility index (Phi) is 5.70. The van der Waals surface area contributed by atoms with Crippen LogP contribution < -0.4 is 4.90 Å². The number of nitro groups is 1. The number of aromatic nitrogens is 1. The van der Waals surface area contributed by atoms with Crippen LogP contribution in [0.25, 0.3) is 17.0 Å². The fraction of sp³-hybridized carbons (Fsp3) is 0.174. The fourth-order valence-electron chi connectivity index (χ4n) is 3.64. The standard InChI is InChI=1S/C23H19N3O5/c27-21(25-13-3-7-18-14-19(26(29)30)9-10-20(18)25)15-31-22(28)11-8-17-5-1-4-16-6-2-12-24-23(16)17/h1-2,4-6,8-12,14H,3,7,13,15H2/b11-8+. The van der Waals surface area contributed by atoms with Crippen molar-refractivity contribution in [2.75, 3.05) is 18.1 Å². The summed E-state index contributed by atoms with van der Waals surface area (Å²) >= 11 is 0. The number of non-ortho nitro benzene ring substituents is 1. The van der Waals surface area contributed by atoms with E-state index in [9.17, 15) is 19.7 Å². The predicted molar refractivity (Wildman–Crippen MR) is 116 cm³/mol. The summed E-state index contributed by atoms with van der Waals surface area (Å²) in [6, 6.07) is 13.8. The topological polar surface area (TPSA) is 103 Å². The second-order valence-electron chi connectivity index (χ2n) is 7.08. The van der Waals surface area contributed by atoms with Crippen LogP contribution >= 0.6 is 0 Å². The average Bonchev–Trinajstić information content (AvgIpc) is 2.80. The smallest absolute Gasteiger partial charge is 0.331 e. The van der Waals surface area contributed by atoms with Crippen molar-refractivity contribution < 1.29 is 19.2 Å². The monoisotopic (exact) mass is 417 g/mol. The van der Waals surface area contributed by atoms with E-state index in [0.717, 1.165) is 22.0 Å². The van der Waals surface area contributed by atoms with E-state index in [1.165, 1.54) is 23.1 Å². The SMILES string of the molecule is O=C(/C=C/c1cccc2cccnc12)OCC(=O)N1CCCc2cc([N+](=O)[O-])ccc21. The lowest BCUT2D eigenvalue weighted by Gasteiger charge is -2.29. The molecule has 1 aliphatic heterocycles. The molecule has 0 unspecified atom stereocenters. The van der Waals surface area contributed by atoms with Gasteiger partial charge in [-0.15, -0.1) is 0 Å². The van der Waals surface area contributed by atoms with Crippen LogP contribution in [0.4, 0.5) is 11.4 Å². The van der Waals surface area contributed by atoms with Gasteiger partial charge in [-0.1, -0.05) is 24.3 Å². The number of aryl methyl sites for hydroxylation is 1. The van der Waals surface area contributed by atoms with Crippen LogP contribution in [-0.2, 0) is 20.7 Å². The van der Waals surface area contributed by atoms with Gasteiger partial charge in [0.25, 0.3) is 11.6 Å². The molecule has 0 aliphatic carbocycles. The number of hydrogen-bond acceptors (Lipinski definition) is 6. The molecule has 0 bridgehead atoms. The van der Waals surface area contributed by atoms with Crippen molar-refractivity contribution in [3.05, 3.63) is 82.0 Å². The quantitative estimate of drug-likeness (QED) is 0.272. The molecule has 8 heteroatoms. The minimum atomic E-state index is -0.637. The molecule has 1 aliphatic rings. The van der Waals surface area contributed by atoms with E-state index in [0.29, 0.717) is 25.1 Å². The molecule has 1 amide bonds. The molecule has 0 spiro atoms. The van der Waals surface area contributed by atoms with Gasteiger partial charge >= 0.3 is 5.97 Å². The van der Waals surface area contributed by atoms with Crippen molar-refractivity contribution in [2.24, 2.45) is 0 Å². The molecule has 8 nitrogen and oxygen atoms in total.